The fraction of sp³-hybridized carbons (Fsp3) is 0.0508. The molecule has 0 fully saturated rings. The molecule has 0 amide bonds. The van der Waals surface area contributed by atoms with Crippen LogP contribution in [0, 0.1) is 0 Å². The molecule has 1 aliphatic rings. The van der Waals surface area contributed by atoms with Crippen LogP contribution in [0.25, 0.3) is 86.2 Å². The smallest absolute Gasteiger partial charge is 0.0546 e. The molecule has 0 bridgehead atoms. The number of para-hydroxylation sites is 1. The molecule has 0 N–H and O–H groups in total. The van der Waals surface area contributed by atoms with E-state index in [1.54, 1.807) is 0 Å². The maximum atomic E-state index is 2.54. The van der Waals surface area contributed by atoms with Crippen molar-refractivity contribution in [2.45, 2.75) is 19.3 Å². The maximum Gasteiger partial charge on any atom is 0.0546 e. The molecule has 1 heterocycles. The predicted octanol–water partition coefficient (Wildman–Crippen LogP) is 17.1. The summed E-state index contributed by atoms with van der Waals surface area (Å²) in [5, 5.41) is 7.60. The number of benzene rings is 10. The molecular formula is C59H41NS. The van der Waals surface area contributed by atoms with E-state index in [9.17, 15) is 0 Å². The van der Waals surface area contributed by atoms with Crippen LogP contribution in [0.2, 0.25) is 0 Å². The van der Waals surface area contributed by atoms with Gasteiger partial charge in [0.1, 0.15) is 0 Å². The van der Waals surface area contributed by atoms with Crippen LogP contribution in [0.15, 0.2) is 212 Å². The molecule has 2 heteroatoms. The first-order chi connectivity index (χ1) is 30.0. The summed E-state index contributed by atoms with van der Waals surface area (Å²) in [6, 6.07) is 78.9. The maximum absolute atomic E-state index is 2.54. The van der Waals surface area contributed by atoms with E-state index in [-0.39, 0.29) is 5.41 Å². The zero-order chi connectivity index (χ0) is 40.7. The van der Waals surface area contributed by atoms with Gasteiger partial charge in [0, 0.05) is 42.4 Å². The van der Waals surface area contributed by atoms with Crippen LogP contribution in [0.3, 0.4) is 0 Å². The molecule has 0 atom stereocenters. The van der Waals surface area contributed by atoms with Gasteiger partial charge in [0.25, 0.3) is 0 Å². The Kier molecular flexibility index (Phi) is 8.13. The third-order valence-electron chi connectivity index (χ3n) is 13.1. The Morgan fingerprint density at radius 1 is 0.361 bits per heavy atom. The van der Waals surface area contributed by atoms with Crippen molar-refractivity contribution in [3.8, 4) is 44.5 Å². The van der Waals surface area contributed by atoms with Gasteiger partial charge in [-0.1, -0.05) is 184 Å². The summed E-state index contributed by atoms with van der Waals surface area (Å²) in [7, 11) is 0. The quantitative estimate of drug-likeness (QED) is 0.152. The lowest BCUT2D eigenvalue weighted by Crippen LogP contribution is -2.17. The summed E-state index contributed by atoms with van der Waals surface area (Å²) >= 11 is 1.88. The van der Waals surface area contributed by atoms with Crippen molar-refractivity contribution >= 4 is 70.1 Å². The van der Waals surface area contributed by atoms with Gasteiger partial charge in [0.2, 0.25) is 0 Å². The molecule has 10 aromatic carbocycles. The van der Waals surface area contributed by atoms with Crippen LogP contribution in [0.1, 0.15) is 25.0 Å². The van der Waals surface area contributed by atoms with E-state index in [2.05, 4.69) is 231 Å². The zero-order valence-electron chi connectivity index (χ0n) is 34.1. The van der Waals surface area contributed by atoms with Crippen molar-refractivity contribution in [2.24, 2.45) is 0 Å². The van der Waals surface area contributed by atoms with Gasteiger partial charge in [-0.2, -0.15) is 0 Å². The van der Waals surface area contributed by atoms with Crippen LogP contribution in [0.5, 0.6) is 0 Å². The average molecular weight is 796 g/mol. The Morgan fingerprint density at radius 3 is 1.87 bits per heavy atom. The molecule has 1 nitrogen and oxygen atoms in total. The van der Waals surface area contributed by atoms with Crippen molar-refractivity contribution < 1.29 is 0 Å². The molecule has 0 saturated carbocycles. The Labute approximate surface area is 360 Å². The summed E-state index contributed by atoms with van der Waals surface area (Å²) < 4.78 is 2.61. The highest BCUT2D eigenvalue weighted by Gasteiger charge is 2.36. The van der Waals surface area contributed by atoms with Gasteiger partial charge in [-0.15, -0.1) is 11.3 Å². The first-order valence-corrected chi connectivity index (χ1v) is 22.0. The molecule has 11 aromatic rings. The lowest BCUT2D eigenvalue weighted by molar-refractivity contribution is 0.660. The van der Waals surface area contributed by atoms with Gasteiger partial charge in [0.15, 0.2) is 0 Å². The minimum absolute atomic E-state index is 0.161. The molecule has 12 rings (SSSR count). The fourth-order valence-electron chi connectivity index (χ4n) is 10.2. The third kappa shape index (κ3) is 5.60. The highest BCUT2D eigenvalue weighted by atomic mass is 32.1. The standard InChI is InChI=1S/C59H41NS/c1-59(2)52-27-13-10-24-47(52)48-34-32-41(37-53(48)59)60(54-28-14-11-21-43(54)38-17-4-3-5-18-38)55-29-16-26-44(40-31-33-50-49-25-12-15-30-56(49)61-57(50)36-40)58(55)51-35-39-19-6-7-20-42(39)45-22-8-9-23-46(45)51/h3-37H,1-2H3. The molecule has 0 saturated heterocycles. The third-order valence-corrected chi connectivity index (χ3v) is 14.2. The van der Waals surface area contributed by atoms with Crippen LogP contribution in [-0.2, 0) is 5.41 Å². The van der Waals surface area contributed by atoms with E-state index >= 15 is 0 Å². The highest BCUT2D eigenvalue weighted by Crippen LogP contribution is 2.54. The van der Waals surface area contributed by atoms with Gasteiger partial charge in [-0.05, 0) is 109 Å². The van der Waals surface area contributed by atoms with Gasteiger partial charge >= 0.3 is 0 Å². The number of thiophene rings is 1. The predicted molar refractivity (Wildman–Crippen MR) is 263 cm³/mol. The topological polar surface area (TPSA) is 3.24 Å². The second kappa shape index (κ2) is 13.9. The lowest BCUT2D eigenvalue weighted by atomic mass is 9.82. The molecule has 61 heavy (non-hydrogen) atoms. The largest absolute Gasteiger partial charge is 0.309 e. The number of hydrogen-bond acceptors (Lipinski definition) is 2. The SMILES string of the molecule is CC1(C)c2ccccc2-c2ccc(N(c3ccccc3-c3ccccc3)c3cccc(-c4ccc5c(c4)sc4ccccc45)c3-c3cc4ccccc4c4ccccc34)cc21. The number of anilines is 3. The van der Waals surface area contributed by atoms with E-state index in [4.69, 9.17) is 0 Å². The van der Waals surface area contributed by atoms with Crippen molar-refractivity contribution in [3.63, 3.8) is 0 Å². The first kappa shape index (κ1) is 35.7. The van der Waals surface area contributed by atoms with Crippen molar-refractivity contribution in [2.75, 3.05) is 4.90 Å². The normalized spacial score (nSPS) is 12.9. The van der Waals surface area contributed by atoms with Gasteiger partial charge in [-0.25, -0.2) is 0 Å². The first-order valence-electron chi connectivity index (χ1n) is 21.2. The van der Waals surface area contributed by atoms with Crippen LogP contribution < -0.4 is 4.90 Å². The lowest BCUT2D eigenvalue weighted by Gasteiger charge is -2.32. The summed E-state index contributed by atoms with van der Waals surface area (Å²) in [6.45, 7) is 4.75. The molecule has 0 aliphatic heterocycles. The van der Waals surface area contributed by atoms with Crippen molar-refractivity contribution in [1.82, 2.24) is 0 Å². The van der Waals surface area contributed by atoms with Gasteiger partial charge < -0.3 is 4.90 Å². The summed E-state index contributed by atoms with van der Waals surface area (Å²) in [5.74, 6) is 0. The number of rotatable bonds is 6. The monoisotopic (exact) mass is 795 g/mol. The second-order valence-electron chi connectivity index (χ2n) is 16.8. The van der Waals surface area contributed by atoms with E-state index in [1.807, 2.05) is 11.3 Å². The second-order valence-corrected chi connectivity index (χ2v) is 17.9. The average Bonchev–Trinajstić information content (AvgIpc) is 3.80. The van der Waals surface area contributed by atoms with E-state index in [0.29, 0.717) is 0 Å². The molecule has 1 aromatic heterocycles. The number of fused-ring (bicyclic) bond motifs is 9. The molecule has 0 radical (unpaired) electrons. The number of nitrogens with zero attached hydrogens (tertiary/aromatic N) is 1. The van der Waals surface area contributed by atoms with E-state index in [0.717, 1.165) is 17.1 Å². The summed E-state index contributed by atoms with van der Waals surface area (Å²) in [6.07, 6.45) is 0. The Hall–Kier alpha value is -7.26. The Morgan fingerprint density at radius 2 is 1.00 bits per heavy atom. The Bertz CT molecular complexity index is 3520. The Balaban J connectivity index is 1.20. The summed E-state index contributed by atoms with van der Waals surface area (Å²) in [5.41, 5.74) is 15.8. The van der Waals surface area contributed by atoms with Crippen LogP contribution >= 0.6 is 11.3 Å². The van der Waals surface area contributed by atoms with Crippen LogP contribution in [0.4, 0.5) is 17.1 Å². The minimum Gasteiger partial charge on any atom is -0.309 e. The van der Waals surface area contributed by atoms with E-state index in [1.165, 1.54) is 97.4 Å². The van der Waals surface area contributed by atoms with Crippen molar-refractivity contribution in [3.05, 3.63) is 223 Å². The number of hydrogen-bond donors (Lipinski definition) is 0. The van der Waals surface area contributed by atoms with Gasteiger partial charge in [0.05, 0.1) is 11.4 Å². The molecule has 288 valence electrons. The fourth-order valence-corrected chi connectivity index (χ4v) is 11.3. The highest BCUT2D eigenvalue weighted by molar-refractivity contribution is 7.25. The minimum atomic E-state index is -0.161. The molecular weight excluding hydrogens is 755 g/mol. The molecule has 0 spiro atoms. The summed E-state index contributed by atoms with van der Waals surface area (Å²) in [4.78, 5) is 2.54. The molecule has 0 unspecified atom stereocenters. The van der Waals surface area contributed by atoms with Crippen LogP contribution in [-0.4, -0.2) is 0 Å². The van der Waals surface area contributed by atoms with E-state index < -0.39 is 0 Å². The molecule has 1 aliphatic carbocycles. The van der Waals surface area contributed by atoms with Crippen molar-refractivity contribution in [1.29, 1.82) is 0 Å². The van der Waals surface area contributed by atoms with Gasteiger partial charge in [-0.3, -0.25) is 0 Å². The zero-order valence-corrected chi connectivity index (χ0v) is 34.9.